The van der Waals surface area contributed by atoms with Gasteiger partial charge in [-0.05, 0) is 24.6 Å². The molecule has 0 aliphatic carbocycles. The highest BCUT2D eigenvalue weighted by atomic mass is 16.5. The van der Waals surface area contributed by atoms with Crippen LogP contribution in [-0.2, 0) is 20.9 Å². The molecule has 0 aliphatic heterocycles. The summed E-state index contributed by atoms with van der Waals surface area (Å²) in [6.45, 7) is 1.91. The van der Waals surface area contributed by atoms with Crippen LogP contribution in [-0.4, -0.2) is 37.5 Å². The summed E-state index contributed by atoms with van der Waals surface area (Å²) >= 11 is 0. The maximum atomic E-state index is 12.3. The number of carbonyl (C=O) groups is 3. The van der Waals surface area contributed by atoms with E-state index in [1.165, 1.54) is 0 Å². The average Bonchev–Trinajstić information content (AvgIpc) is 2.70. The molecule has 7 heteroatoms. The predicted molar refractivity (Wildman–Crippen MR) is 99.2 cm³/mol. The first-order valence-corrected chi connectivity index (χ1v) is 8.56. The third-order valence-corrected chi connectivity index (χ3v) is 3.50. The lowest BCUT2D eigenvalue weighted by molar-refractivity contribution is -0.127. The number of hydrogen-bond acceptors (Lipinski definition) is 5. The fraction of sp³-hybridized carbons (Fsp3) is 0.250. The van der Waals surface area contributed by atoms with Crippen molar-refractivity contribution in [1.82, 2.24) is 10.6 Å². The van der Waals surface area contributed by atoms with Gasteiger partial charge in [0.2, 0.25) is 5.91 Å². The average molecular weight is 370 g/mol. The summed E-state index contributed by atoms with van der Waals surface area (Å²) < 4.78 is 10.7. The third kappa shape index (κ3) is 6.81. The number of para-hydroxylation sites is 1. The molecular weight excluding hydrogens is 348 g/mol. The molecule has 7 nitrogen and oxygen atoms in total. The Bertz CT molecular complexity index is 777. The van der Waals surface area contributed by atoms with Crippen LogP contribution in [0.4, 0.5) is 0 Å². The molecule has 2 amide bonds. The van der Waals surface area contributed by atoms with Gasteiger partial charge in [-0.15, -0.1) is 0 Å². The Labute approximate surface area is 157 Å². The van der Waals surface area contributed by atoms with Crippen LogP contribution in [0, 0.1) is 0 Å². The van der Waals surface area contributed by atoms with Crippen LogP contribution in [0.5, 0.6) is 5.75 Å². The van der Waals surface area contributed by atoms with Crippen LogP contribution in [0.2, 0.25) is 0 Å². The van der Waals surface area contributed by atoms with Gasteiger partial charge in [-0.2, -0.15) is 0 Å². The Morgan fingerprint density at radius 3 is 2.33 bits per heavy atom. The molecule has 0 fully saturated rings. The molecule has 0 atom stereocenters. The van der Waals surface area contributed by atoms with Crippen LogP contribution < -0.4 is 15.4 Å². The summed E-state index contributed by atoms with van der Waals surface area (Å²) in [6.07, 6.45) is 0. The first kappa shape index (κ1) is 20.0. The lowest BCUT2D eigenvalue weighted by atomic mass is 10.2. The molecule has 142 valence electrons. The Hall–Kier alpha value is -3.35. The summed E-state index contributed by atoms with van der Waals surface area (Å²) in [6, 6.07) is 16.2. The Morgan fingerprint density at radius 2 is 1.59 bits per heavy atom. The number of amides is 2. The van der Waals surface area contributed by atoms with Crippen molar-refractivity contribution < 1.29 is 23.9 Å². The SMILES string of the molecule is CCNC(=O)CNC(=O)COC(=O)c1ccccc1OCc1ccccc1. The molecule has 0 heterocycles. The lowest BCUT2D eigenvalue weighted by Crippen LogP contribution is -2.38. The molecule has 2 aromatic carbocycles. The van der Waals surface area contributed by atoms with Crippen LogP contribution >= 0.6 is 0 Å². The standard InChI is InChI=1S/C20H22N2O5/c1-2-21-18(23)12-22-19(24)14-27-20(25)16-10-6-7-11-17(16)26-13-15-8-4-3-5-9-15/h3-11H,2,12-14H2,1H3,(H,21,23)(H,22,24). The highest BCUT2D eigenvalue weighted by Gasteiger charge is 2.15. The molecule has 2 aromatic rings. The van der Waals surface area contributed by atoms with E-state index in [1.807, 2.05) is 30.3 Å². The highest BCUT2D eigenvalue weighted by Crippen LogP contribution is 2.20. The number of ether oxygens (including phenoxy) is 2. The second-order valence-corrected chi connectivity index (χ2v) is 5.58. The second kappa shape index (κ2) is 10.6. The molecule has 0 spiro atoms. The Kier molecular flexibility index (Phi) is 7.84. The van der Waals surface area contributed by atoms with E-state index in [4.69, 9.17) is 9.47 Å². The number of nitrogens with one attached hydrogen (secondary N) is 2. The van der Waals surface area contributed by atoms with Crippen molar-refractivity contribution in [3.63, 3.8) is 0 Å². The molecule has 0 aliphatic rings. The van der Waals surface area contributed by atoms with E-state index in [-0.39, 0.29) is 18.0 Å². The molecule has 0 saturated carbocycles. The molecule has 0 radical (unpaired) electrons. The summed E-state index contributed by atoms with van der Waals surface area (Å²) in [5, 5.41) is 4.92. The minimum absolute atomic E-state index is 0.166. The lowest BCUT2D eigenvalue weighted by Gasteiger charge is -2.11. The van der Waals surface area contributed by atoms with Gasteiger partial charge < -0.3 is 20.1 Å². The van der Waals surface area contributed by atoms with Crippen molar-refractivity contribution in [2.24, 2.45) is 0 Å². The van der Waals surface area contributed by atoms with E-state index in [9.17, 15) is 14.4 Å². The van der Waals surface area contributed by atoms with Gasteiger partial charge >= 0.3 is 5.97 Å². The van der Waals surface area contributed by atoms with Gasteiger partial charge in [0.1, 0.15) is 17.9 Å². The van der Waals surface area contributed by atoms with Crippen LogP contribution in [0.25, 0.3) is 0 Å². The van der Waals surface area contributed by atoms with Gasteiger partial charge in [0.05, 0.1) is 6.54 Å². The number of esters is 1. The number of carbonyl (C=O) groups excluding carboxylic acids is 3. The molecule has 0 unspecified atom stereocenters. The van der Waals surface area contributed by atoms with Gasteiger partial charge in [0, 0.05) is 6.54 Å². The van der Waals surface area contributed by atoms with Crippen LogP contribution in [0.15, 0.2) is 54.6 Å². The summed E-state index contributed by atoms with van der Waals surface area (Å²) in [7, 11) is 0. The minimum Gasteiger partial charge on any atom is -0.488 e. The van der Waals surface area contributed by atoms with Crippen LogP contribution in [0.1, 0.15) is 22.8 Å². The van der Waals surface area contributed by atoms with E-state index in [1.54, 1.807) is 31.2 Å². The molecule has 0 aromatic heterocycles. The zero-order valence-electron chi connectivity index (χ0n) is 15.1. The van der Waals surface area contributed by atoms with Crippen molar-refractivity contribution in [2.45, 2.75) is 13.5 Å². The van der Waals surface area contributed by atoms with Gasteiger partial charge in [0.25, 0.3) is 5.91 Å². The topological polar surface area (TPSA) is 93.7 Å². The molecule has 0 saturated heterocycles. The van der Waals surface area contributed by atoms with Crippen molar-refractivity contribution in [3.05, 3.63) is 65.7 Å². The highest BCUT2D eigenvalue weighted by molar-refractivity contribution is 5.94. The third-order valence-electron chi connectivity index (χ3n) is 3.50. The zero-order valence-corrected chi connectivity index (χ0v) is 15.1. The Balaban J connectivity index is 1.87. The molecule has 2 N–H and O–H groups in total. The fourth-order valence-corrected chi connectivity index (χ4v) is 2.19. The number of benzene rings is 2. The van der Waals surface area contributed by atoms with E-state index < -0.39 is 18.5 Å². The van der Waals surface area contributed by atoms with Gasteiger partial charge in [0.15, 0.2) is 6.61 Å². The first-order chi connectivity index (χ1) is 13.1. The predicted octanol–water partition coefficient (Wildman–Crippen LogP) is 1.67. The number of rotatable bonds is 9. The summed E-state index contributed by atoms with van der Waals surface area (Å²) in [5.41, 5.74) is 1.19. The van der Waals surface area contributed by atoms with Gasteiger partial charge in [-0.3, -0.25) is 9.59 Å². The molecule has 2 rings (SSSR count). The molecule has 0 bridgehead atoms. The largest absolute Gasteiger partial charge is 0.488 e. The second-order valence-electron chi connectivity index (χ2n) is 5.58. The maximum absolute atomic E-state index is 12.3. The smallest absolute Gasteiger partial charge is 0.342 e. The summed E-state index contributed by atoms with van der Waals surface area (Å²) in [5.74, 6) is -1.17. The van der Waals surface area contributed by atoms with Crippen molar-refractivity contribution >= 4 is 17.8 Å². The molecule has 27 heavy (non-hydrogen) atoms. The van der Waals surface area contributed by atoms with Crippen molar-refractivity contribution in [3.8, 4) is 5.75 Å². The quantitative estimate of drug-likeness (QED) is 0.655. The summed E-state index contributed by atoms with van der Waals surface area (Å²) in [4.78, 5) is 35.2. The molecular formula is C20H22N2O5. The van der Waals surface area contributed by atoms with Crippen molar-refractivity contribution in [2.75, 3.05) is 19.7 Å². The van der Waals surface area contributed by atoms with Gasteiger partial charge in [-0.25, -0.2) is 4.79 Å². The monoisotopic (exact) mass is 370 g/mol. The van der Waals surface area contributed by atoms with E-state index in [0.717, 1.165) is 5.56 Å². The van der Waals surface area contributed by atoms with Gasteiger partial charge in [-0.1, -0.05) is 42.5 Å². The zero-order chi connectivity index (χ0) is 19.5. The maximum Gasteiger partial charge on any atom is 0.342 e. The normalized spacial score (nSPS) is 9.96. The van der Waals surface area contributed by atoms with E-state index in [0.29, 0.717) is 18.9 Å². The fourth-order valence-electron chi connectivity index (χ4n) is 2.19. The van der Waals surface area contributed by atoms with Crippen molar-refractivity contribution in [1.29, 1.82) is 0 Å². The first-order valence-electron chi connectivity index (χ1n) is 8.56. The number of hydrogen-bond donors (Lipinski definition) is 2. The van der Waals surface area contributed by atoms with Crippen LogP contribution in [0.3, 0.4) is 0 Å². The van der Waals surface area contributed by atoms with E-state index in [2.05, 4.69) is 10.6 Å². The number of likely N-dealkylation sites (N-methyl/N-ethyl adjacent to an activating group) is 1. The Morgan fingerprint density at radius 1 is 0.889 bits per heavy atom. The minimum atomic E-state index is -0.674. The van der Waals surface area contributed by atoms with E-state index >= 15 is 0 Å².